The van der Waals surface area contributed by atoms with Gasteiger partial charge >= 0.3 is 0 Å². The van der Waals surface area contributed by atoms with Crippen molar-refractivity contribution in [3.05, 3.63) is 53.4 Å². The van der Waals surface area contributed by atoms with Gasteiger partial charge in [-0.25, -0.2) is 0 Å². The van der Waals surface area contributed by atoms with Gasteiger partial charge in [-0.15, -0.1) is 0 Å². The summed E-state index contributed by atoms with van der Waals surface area (Å²) in [5.41, 5.74) is 7.60. The van der Waals surface area contributed by atoms with Crippen LogP contribution in [0.2, 0.25) is 0 Å². The van der Waals surface area contributed by atoms with Crippen molar-refractivity contribution in [3.8, 4) is 5.88 Å². The second kappa shape index (κ2) is 8.75. The number of para-hydroxylation sites is 1. The molecule has 8 nitrogen and oxygen atoms in total. The highest BCUT2D eigenvalue weighted by molar-refractivity contribution is 6.05. The lowest BCUT2D eigenvalue weighted by Crippen LogP contribution is -2.28. The number of carbonyl (C=O) groups is 2. The molecule has 0 bridgehead atoms. The van der Waals surface area contributed by atoms with Crippen molar-refractivity contribution in [2.24, 2.45) is 5.73 Å². The van der Waals surface area contributed by atoms with E-state index in [9.17, 15) is 9.59 Å². The van der Waals surface area contributed by atoms with Gasteiger partial charge in [0.1, 0.15) is 5.76 Å². The molecule has 4 rings (SSSR count). The molecule has 1 aliphatic rings. The summed E-state index contributed by atoms with van der Waals surface area (Å²) in [5.74, 6) is 0.719. The van der Waals surface area contributed by atoms with E-state index in [2.05, 4.69) is 5.16 Å². The van der Waals surface area contributed by atoms with E-state index in [0.29, 0.717) is 43.1 Å². The van der Waals surface area contributed by atoms with E-state index in [1.54, 1.807) is 12.1 Å². The first-order chi connectivity index (χ1) is 14.9. The van der Waals surface area contributed by atoms with Crippen molar-refractivity contribution >= 4 is 22.7 Å². The van der Waals surface area contributed by atoms with Crippen molar-refractivity contribution in [3.63, 3.8) is 0 Å². The van der Waals surface area contributed by atoms with Gasteiger partial charge in [-0.05, 0) is 37.6 Å². The number of hydrogen-bond donors (Lipinski definition) is 1. The number of likely N-dealkylation sites (tertiary alicyclic amines) is 1. The maximum atomic E-state index is 12.7. The molecule has 0 spiro atoms. The van der Waals surface area contributed by atoms with Gasteiger partial charge in [-0.2, -0.15) is 0 Å². The summed E-state index contributed by atoms with van der Waals surface area (Å²) in [4.78, 5) is 31.2. The molecule has 0 saturated carbocycles. The Morgan fingerprint density at radius 1 is 1.29 bits per heavy atom. The predicted molar refractivity (Wildman–Crippen MR) is 115 cm³/mol. The topological polar surface area (TPSA) is 112 Å². The first kappa shape index (κ1) is 20.8. The number of pyridine rings is 1. The fourth-order valence-corrected chi connectivity index (χ4v) is 3.93. The number of aromatic nitrogens is 2. The van der Waals surface area contributed by atoms with Crippen LogP contribution in [0.25, 0.3) is 10.9 Å². The number of rotatable bonds is 7. The Hall–Kier alpha value is -3.42. The number of nitrogens with zero attached hydrogens (tertiary/aromatic N) is 3. The van der Waals surface area contributed by atoms with Crippen LogP contribution in [-0.2, 0) is 11.2 Å². The van der Waals surface area contributed by atoms with Gasteiger partial charge in [0.25, 0.3) is 5.88 Å². The van der Waals surface area contributed by atoms with Crippen molar-refractivity contribution in [2.75, 3.05) is 13.1 Å². The number of hydrogen-bond acceptors (Lipinski definition) is 6. The summed E-state index contributed by atoms with van der Waals surface area (Å²) in [7, 11) is 0. The molecule has 1 atom stereocenters. The molecule has 0 aliphatic carbocycles. The lowest BCUT2D eigenvalue weighted by molar-refractivity contribution is -0.130. The molecule has 1 aromatic carbocycles. The highest BCUT2D eigenvalue weighted by Crippen LogP contribution is 2.29. The molecular weight excluding hydrogens is 396 g/mol. The Balaban J connectivity index is 1.40. The highest BCUT2D eigenvalue weighted by atomic mass is 16.5. The van der Waals surface area contributed by atoms with Crippen LogP contribution in [0.3, 0.4) is 0 Å². The Morgan fingerprint density at radius 3 is 2.87 bits per heavy atom. The third kappa shape index (κ3) is 4.68. The summed E-state index contributed by atoms with van der Waals surface area (Å²) < 4.78 is 10.7. The van der Waals surface area contributed by atoms with E-state index in [4.69, 9.17) is 20.0 Å². The number of fused-ring (bicyclic) bond motifs is 1. The van der Waals surface area contributed by atoms with Crippen molar-refractivity contribution in [2.45, 2.75) is 45.1 Å². The third-order valence-corrected chi connectivity index (χ3v) is 5.44. The largest absolute Gasteiger partial charge is 0.473 e. The van der Waals surface area contributed by atoms with Gasteiger partial charge in [0, 0.05) is 49.0 Å². The molecule has 0 unspecified atom stereocenters. The van der Waals surface area contributed by atoms with E-state index in [1.807, 2.05) is 43.0 Å². The minimum atomic E-state index is -0.473. The summed E-state index contributed by atoms with van der Waals surface area (Å²) in [6.07, 6.45) is 1.61. The standard InChI is InChI=1S/C23H26N4O4/c1-14(2)30-21-11-16(31-26-21)7-8-22(28)27-10-9-15(13-27)20-12-18(23(24)29)17-5-3-4-6-19(17)25-20/h3-6,11-12,14-15H,7-10,13H2,1-2H3,(H2,24,29)/t15-/m1/s1. The molecule has 8 heteroatoms. The Labute approximate surface area is 180 Å². The minimum Gasteiger partial charge on any atom is -0.473 e. The Bertz CT molecular complexity index is 1110. The molecule has 3 heterocycles. The van der Waals surface area contributed by atoms with E-state index < -0.39 is 5.91 Å². The lowest BCUT2D eigenvalue weighted by Gasteiger charge is -2.17. The zero-order valence-corrected chi connectivity index (χ0v) is 17.7. The van der Waals surface area contributed by atoms with E-state index in [1.165, 1.54) is 0 Å². The molecule has 31 heavy (non-hydrogen) atoms. The van der Waals surface area contributed by atoms with Gasteiger partial charge < -0.3 is 19.9 Å². The van der Waals surface area contributed by atoms with Crippen LogP contribution in [0.4, 0.5) is 0 Å². The van der Waals surface area contributed by atoms with Gasteiger partial charge in [0.05, 0.1) is 17.2 Å². The molecule has 2 N–H and O–H groups in total. The monoisotopic (exact) mass is 422 g/mol. The van der Waals surface area contributed by atoms with E-state index in [0.717, 1.165) is 23.0 Å². The second-order valence-electron chi connectivity index (χ2n) is 8.10. The first-order valence-corrected chi connectivity index (χ1v) is 10.5. The summed E-state index contributed by atoms with van der Waals surface area (Å²) in [6, 6.07) is 11.0. The number of amides is 2. The summed E-state index contributed by atoms with van der Waals surface area (Å²) >= 11 is 0. The molecular formula is C23H26N4O4. The zero-order valence-electron chi connectivity index (χ0n) is 17.7. The third-order valence-electron chi connectivity index (χ3n) is 5.44. The van der Waals surface area contributed by atoms with Crippen molar-refractivity contribution < 1.29 is 18.8 Å². The van der Waals surface area contributed by atoms with Crippen LogP contribution in [0.1, 0.15) is 54.4 Å². The van der Waals surface area contributed by atoms with Gasteiger partial charge in [-0.1, -0.05) is 18.2 Å². The summed E-state index contributed by atoms with van der Waals surface area (Å²) in [6.45, 7) is 5.06. The van der Waals surface area contributed by atoms with Crippen LogP contribution in [-0.4, -0.2) is 46.0 Å². The van der Waals surface area contributed by atoms with Gasteiger partial charge in [0.15, 0.2) is 0 Å². The SMILES string of the molecule is CC(C)Oc1cc(CCC(=O)N2CC[C@@H](c3cc(C(N)=O)c4ccccc4n3)C2)on1. The first-order valence-electron chi connectivity index (χ1n) is 10.5. The van der Waals surface area contributed by atoms with Crippen LogP contribution < -0.4 is 10.5 Å². The number of nitrogens with two attached hydrogens (primary N) is 1. The van der Waals surface area contributed by atoms with Crippen LogP contribution in [0, 0.1) is 0 Å². The van der Waals surface area contributed by atoms with Crippen LogP contribution in [0.5, 0.6) is 5.88 Å². The Kier molecular flexibility index (Phi) is 5.88. The molecule has 2 amide bonds. The van der Waals surface area contributed by atoms with Gasteiger partial charge in [-0.3, -0.25) is 14.6 Å². The van der Waals surface area contributed by atoms with E-state index in [-0.39, 0.29) is 17.9 Å². The maximum absolute atomic E-state index is 12.7. The molecule has 2 aromatic heterocycles. The number of benzene rings is 1. The predicted octanol–water partition coefficient (Wildman–Crippen LogP) is 3.06. The molecule has 3 aromatic rings. The maximum Gasteiger partial charge on any atom is 0.254 e. The van der Waals surface area contributed by atoms with Crippen molar-refractivity contribution in [1.82, 2.24) is 15.0 Å². The molecule has 0 radical (unpaired) electrons. The van der Waals surface area contributed by atoms with Crippen LogP contribution >= 0.6 is 0 Å². The van der Waals surface area contributed by atoms with Gasteiger partial charge in [0.2, 0.25) is 11.8 Å². The minimum absolute atomic E-state index is 0.0138. The molecule has 1 saturated heterocycles. The number of aryl methyl sites for hydroxylation is 1. The Morgan fingerprint density at radius 2 is 2.10 bits per heavy atom. The lowest BCUT2D eigenvalue weighted by atomic mass is 9.99. The fourth-order valence-electron chi connectivity index (χ4n) is 3.93. The van der Waals surface area contributed by atoms with Crippen LogP contribution in [0.15, 0.2) is 40.9 Å². The fraction of sp³-hybridized carbons (Fsp3) is 0.391. The number of primary amides is 1. The number of ether oxygens (including phenoxy) is 1. The highest BCUT2D eigenvalue weighted by Gasteiger charge is 2.29. The smallest absolute Gasteiger partial charge is 0.254 e. The average Bonchev–Trinajstić information content (AvgIpc) is 3.40. The normalized spacial score (nSPS) is 16.2. The molecule has 162 valence electrons. The second-order valence-corrected chi connectivity index (χ2v) is 8.10. The van der Waals surface area contributed by atoms with Crippen molar-refractivity contribution in [1.29, 1.82) is 0 Å². The number of carbonyl (C=O) groups excluding carboxylic acids is 2. The van der Waals surface area contributed by atoms with E-state index >= 15 is 0 Å². The quantitative estimate of drug-likeness (QED) is 0.626. The molecule has 1 aliphatic heterocycles. The average molecular weight is 422 g/mol. The summed E-state index contributed by atoms with van der Waals surface area (Å²) in [5, 5.41) is 4.61. The molecule has 1 fully saturated rings. The zero-order chi connectivity index (χ0) is 22.0.